The van der Waals surface area contributed by atoms with Gasteiger partial charge in [0.2, 0.25) is 5.95 Å². The van der Waals surface area contributed by atoms with Gasteiger partial charge in [0.1, 0.15) is 17.2 Å². The standard InChI is InChI=1S/C21H14Cl2FN5O/c1-30-16-8-11(12(22)9-13(16)23)20-15(26-19-4-2-3-7-29(19)20)10-18-25-14-5-6-17(24)27-21(14)28-18/h2-9H,10H2,1H3,(H,25,27,28). The first-order valence-electron chi connectivity index (χ1n) is 9.04. The van der Waals surface area contributed by atoms with Gasteiger partial charge in [0.25, 0.3) is 0 Å². The number of nitrogens with one attached hydrogen (secondary N) is 1. The van der Waals surface area contributed by atoms with E-state index in [0.29, 0.717) is 39.2 Å². The smallest absolute Gasteiger partial charge is 0.215 e. The van der Waals surface area contributed by atoms with Gasteiger partial charge in [-0.3, -0.25) is 4.40 Å². The fourth-order valence-corrected chi connectivity index (χ4v) is 4.03. The molecule has 0 bridgehead atoms. The average Bonchev–Trinajstić information content (AvgIpc) is 3.28. The molecule has 0 atom stereocenters. The van der Waals surface area contributed by atoms with Gasteiger partial charge in [-0.25, -0.2) is 9.97 Å². The summed E-state index contributed by atoms with van der Waals surface area (Å²) in [5, 5.41) is 0.896. The maximum atomic E-state index is 13.4. The van der Waals surface area contributed by atoms with Crippen molar-refractivity contribution in [2.24, 2.45) is 0 Å². The number of rotatable bonds is 4. The molecule has 30 heavy (non-hydrogen) atoms. The number of hydrogen-bond donors (Lipinski definition) is 1. The first-order valence-corrected chi connectivity index (χ1v) is 9.79. The molecule has 0 aliphatic carbocycles. The highest BCUT2D eigenvalue weighted by Crippen LogP contribution is 2.38. The zero-order valence-corrected chi connectivity index (χ0v) is 17.2. The van der Waals surface area contributed by atoms with Crippen molar-refractivity contribution in [3.8, 4) is 17.0 Å². The molecule has 150 valence electrons. The highest BCUT2D eigenvalue weighted by molar-refractivity contribution is 6.37. The van der Waals surface area contributed by atoms with Crippen LogP contribution in [0.2, 0.25) is 10.0 Å². The number of ether oxygens (including phenoxy) is 1. The van der Waals surface area contributed by atoms with E-state index in [9.17, 15) is 4.39 Å². The van der Waals surface area contributed by atoms with Crippen molar-refractivity contribution in [2.45, 2.75) is 6.42 Å². The van der Waals surface area contributed by atoms with Crippen LogP contribution in [0.3, 0.4) is 0 Å². The summed E-state index contributed by atoms with van der Waals surface area (Å²) in [6.45, 7) is 0. The number of pyridine rings is 2. The molecule has 4 aromatic heterocycles. The SMILES string of the molecule is COc1cc(-c2c(Cc3nc4nc(F)ccc4[nH]3)nc3ccccn23)c(Cl)cc1Cl. The van der Waals surface area contributed by atoms with Gasteiger partial charge in [0.15, 0.2) is 5.65 Å². The first kappa shape index (κ1) is 18.8. The number of nitrogens with zero attached hydrogens (tertiary/aromatic N) is 4. The second-order valence-corrected chi connectivity index (χ2v) is 7.48. The van der Waals surface area contributed by atoms with E-state index in [1.54, 1.807) is 25.3 Å². The Morgan fingerprint density at radius 3 is 2.77 bits per heavy atom. The van der Waals surface area contributed by atoms with Crippen LogP contribution in [0, 0.1) is 5.95 Å². The third-order valence-electron chi connectivity index (χ3n) is 4.79. The van der Waals surface area contributed by atoms with Crippen LogP contribution in [0.25, 0.3) is 28.1 Å². The number of H-pyrrole nitrogens is 1. The van der Waals surface area contributed by atoms with E-state index in [-0.39, 0.29) is 0 Å². The molecule has 0 fully saturated rings. The Hall–Kier alpha value is -3.16. The molecule has 0 saturated heterocycles. The van der Waals surface area contributed by atoms with Crippen molar-refractivity contribution in [3.05, 3.63) is 76.2 Å². The maximum Gasteiger partial charge on any atom is 0.215 e. The Balaban J connectivity index is 1.69. The van der Waals surface area contributed by atoms with Gasteiger partial charge in [-0.05, 0) is 36.4 Å². The van der Waals surface area contributed by atoms with Crippen molar-refractivity contribution in [3.63, 3.8) is 0 Å². The quantitative estimate of drug-likeness (QED) is 0.383. The molecule has 0 radical (unpaired) electrons. The molecular formula is C21H14Cl2FN5O. The highest BCUT2D eigenvalue weighted by atomic mass is 35.5. The number of aromatic nitrogens is 5. The Morgan fingerprint density at radius 2 is 1.93 bits per heavy atom. The van der Waals surface area contributed by atoms with Crippen molar-refractivity contribution in [1.29, 1.82) is 0 Å². The van der Waals surface area contributed by atoms with Gasteiger partial charge < -0.3 is 9.72 Å². The van der Waals surface area contributed by atoms with E-state index in [0.717, 1.165) is 22.6 Å². The fraction of sp³-hybridized carbons (Fsp3) is 0.0952. The topological polar surface area (TPSA) is 68.1 Å². The van der Waals surface area contributed by atoms with Crippen LogP contribution in [-0.2, 0) is 6.42 Å². The Kier molecular flexibility index (Phi) is 4.56. The number of methoxy groups -OCH3 is 1. The number of aromatic amines is 1. The number of fused-ring (bicyclic) bond motifs is 2. The molecule has 6 nitrogen and oxygen atoms in total. The number of imidazole rings is 2. The van der Waals surface area contributed by atoms with Crippen LogP contribution in [0.1, 0.15) is 11.5 Å². The van der Waals surface area contributed by atoms with Crippen LogP contribution in [0.15, 0.2) is 48.7 Å². The van der Waals surface area contributed by atoms with Gasteiger partial charge in [-0.2, -0.15) is 9.37 Å². The van der Waals surface area contributed by atoms with E-state index in [4.69, 9.17) is 32.9 Å². The fourth-order valence-electron chi connectivity index (χ4n) is 3.48. The molecule has 0 aliphatic rings. The van der Waals surface area contributed by atoms with E-state index < -0.39 is 5.95 Å². The lowest BCUT2D eigenvalue weighted by molar-refractivity contribution is 0.415. The van der Waals surface area contributed by atoms with Crippen molar-refractivity contribution < 1.29 is 9.13 Å². The zero-order valence-electron chi connectivity index (χ0n) is 15.7. The molecule has 5 aromatic rings. The minimum atomic E-state index is -0.575. The minimum Gasteiger partial charge on any atom is -0.495 e. The summed E-state index contributed by atoms with van der Waals surface area (Å²) in [5.41, 5.74) is 4.00. The number of halogens is 3. The third-order valence-corrected chi connectivity index (χ3v) is 5.40. The molecule has 4 heterocycles. The monoisotopic (exact) mass is 441 g/mol. The van der Waals surface area contributed by atoms with Crippen molar-refractivity contribution >= 4 is 40.0 Å². The van der Waals surface area contributed by atoms with Crippen LogP contribution in [0.5, 0.6) is 5.75 Å². The van der Waals surface area contributed by atoms with Gasteiger partial charge in [-0.1, -0.05) is 29.3 Å². The van der Waals surface area contributed by atoms with E-state index >= 15 is 0 Å². The summed E-state index contributed by atoms with van der Waals surface area (Å²) in [6, 6.07) is 12.1. The molecule has 0 aliphatic heterocycles. The third kappa shape index (κ3) is 3.16. The molecule has 5 rings (SSSR count). The molecule has 0 saturated carbocycles. The maximum absolute atomic E-state index is 13.4. The predicted octanol–water partition coefficient (Wildman–Crippen LogP) is 5.32. The van der Waals surface area contributed by atoms with Gasteiger partial charge >= 0.3 is 0 Å². The number of hydrogen-bond acceptors (Lipinski definition) is 4. The molecule has 0 unspecified atom stereocenters. The van der Waals surface area contributed by atoms with E-state index in [1.165, 1.54) is 6.07 Å². The van der Waals surface area contributed by atoms with Gasteiger partial charge in [0.05, 0.1) is 40.5 Å². The predicted molar refractivity (Wildman–Crippen MR) is 114 cm³/mol. The second-order valence-electron chi connectivity index (χ2n) is 6.67. The Labute approximate surface area is 180 Å². The molecular weight excluding hydrogens is 428 g/mol. The molecule has 1 aromatic carbocycles. The van der Waals surface area contributed by atoms with Crippen molar-refractivity contribution in [1.82, 2.24) is 24.3 Å². The lowest BCUT2D eigenvalue weighted by Crippen LogP contribution is -1.97. The number of benzene rings is 1. The van der Waals surface area contributed by atoms with Crippen LogP contribution >= 0.6 is 23.2 Å². The minimum absolute atomic E-state index is 0.321. The van der Waals surface area contributed by atoms with E-state index in [1.807, 2.05) is 28.8 Å². The van der Waals surface area contributed by atoms with E-state index in [2.05, 4.69) is 15.0 Å². The van der Waals surface area contributed by atoms with Crippen LogP contribution in [0.4, 0.5) is 4.39 Å². The Morgan fingerprint density at radius 1 is 1.07 bits per heavy atom. The lowest BCUT2D eigenvalue weighted by Gasteiger charge is -2.11. The van der Waals surface area contributed by atoms with Crippen molar-refractivity contribution in [2.75, 3.05) is 7.11 Å². The summed E-state index contributed by atoms with van der Waals surface area (Å²) in [4.78, 5) is 16.2. The second kappa shape index (κ2) is 7.27. The van der Waals surface area contributed by atoms with Gasteiger partial charge in [0, 0.05) is 11.8 Å². The Bertz CT molecular complexity index is 1410. The normalized spacial score (nSPS) is 11.5. The van der Waals surface area contributed by atoms with Crippen LogP contribution in [-0.4, -0.2) is 31.4 Å². The lowest BCUT2D eigenvalue weighted by atomic mass is 10.1. The van der Waals surface area contributed by atoms with Crippen LogP contribution < -0.4 is 4.74 Å². The summed E-state index contributed by atoms with van der Waals surface area (Å²) in [5.74, 6) is 0.551. The zero-order chi connectivity index (χ0) is 20.8. The molecule has 9 heteroatoms. The largest absolute Gasteiger partial charge is 0.495 e. The summed E-state index contributed by atoms with van der Waals surface area (Å²) in [6.07, 6.45) is 2.28. The molecule has 0 spiro atoms. The highest BCUT2D eigenvalue weighted by Gasteiger charge is 2.20. The molecule has 0 amide bonds. The van der Waals surface area contributed by atoms with Gasteiger partial charge in [-0.15, -0.1) is 0 Å². The summed E-state index contributed by atoms with van der Waals surface area (Å²) >= 11 is 12.8. The first-order chi connectivity index (χ1) is 14.5. The average molecular weight is 442 g/mol. The molecule has 1 N–H and O–H groups in total. The summed E-state index contributed by atoms with van der Waals surface area (Å²) in [7, 11) is 1.55. The summed E-state index contributed by atoms with van der Waals surface area (Å²) < 4.78 is 20.8.